The molecule has 0 aliphatic rings. The molecule has 1 aromatic carbocycles. The zero-order valence-corrected chi connectivity index (χ0v) is 11.4. The summed E-state index contributed by atoms with van der Waals surface area (Å²) in [6, 6.07) is 5.33. The normalized spacial score (nSPS) is 10.5. The summed E-state index contributed by atoms with van der Waals surface area (Å²) in [7, 11) is 0. The van der Waals surface area contributed by atoms with Gasteiger partial charge in [0.25, 0.3) is 5.91 Å². The highest BCUT2D eigenvalue weighted by molar-refractivity contribution is 7.12. The molecule has 0 saturated carbocycles. The molecule has 0 aliphatic heterocycles. The third-order valence-corrected chi connectivity index (χ3v) is 3.84. The first-order valence-electron chi connectivity index (χ1n) is 5.85. The molecule has 0 aliphatic carbocycles. The van der Waals surface area contributed by atoms with E-state index in [0.29, 0.717) is 17.1 Å². The van der Waals surface area contributed by atoms with Gasteiger partial charge in [0.1, 0.15) is 0 Å². The van der Waals surface area contributed by atoms with Crippen LogP contribution >= 0.6 is 11.3 Å². The van der Waals surface area contributed by atoms with Gasteiger partial charge in [0, 0.05) is 18.3 Å². The van der Waals surface area contributed by atoms with E-state index < -0.39 is 11.6 Å². The average molecular weight is 281 g/mol. The molecule has 1 aromatic heterocycles. The quantitative estimate of drug-likeness (QED) is 0.832. The number of rotatable bonds is 3. The van der Waals surface area contributed by atoms with Gasteiger partial charge in [0.05, 0.1) is 4.88 Å². The lowest BCUT2D eigenvalue weighted by Gasteiger charge is -2.21. The van der Waals surface area contributed by atoms with Crippen molar-refractivity contribution in [3.05, 3.63) is 51.7 Å². The Morgan fingerprint density at radius 3 is 2.53 bits per heavy atom. The maximum Gasteiger partial charge on any atom is 0.268 e. The topological polar surface area (TPSA) is 20.3 Å². The van der Waals surface area contributed by atoms with Gasteiger partial charge in [0.15, 0.2) is 11.6 Å². The fourth-order valence-corrected chi connectivity index (χ4v) is 2.68. The molecule has 19 heavy (non-hydrogen) atoms. The van der Waals surface area contributed by atoms with E-state index in [9.17, 15) is 13.6 Å². The number of amides is 1. The number of benzene rings is 1. The number of nitrogens with zero attached hydrogens (tertiary/aromatic N) is 1. The van der Waals surface area contributed by atoms with Gasteiger partial charge in [0.2, 0.25) is 0 Å². The molecule has 0 unspecified atom stereocenters. The van der Waals surface area contributed by atoms with Crippen molar-refractivity contribution in [3.63, 3.8) is 0 Å². The summed E-state index contributed by atoms with van der Waals surface area (Å²) < 4.78 is 26.2. The zero-order chi connectivity index (χ0) is 14.0. The van der Waals surface area contributed by atoms with Gasteiger partial charge < -0.3 is 4.90 Å². The minimum atomic E-state index is -0.952. The van der Waals surface area contributed by atoms with E-state index >= 15 is 0 Å². The first-order valence-corrected chi connectivity index (χ1v) is 6.73. The van der Waals surface area contributed by atoms with Crippen LogP contribution in [-0.2, 0) is 0 Å². The summed E-state index contributed by atoms with van der Waals surface area (Å²) in [6.45, 7) is 4.03. The molecule has 0 fully saturated rings. The van der Waals surface area contributed by atoms with Gasteiger partial charge in [-0.05, 0) is 43.0 Å². The standard InChI is InChI=1S/C14H13F2NOS/c1-3-17(10-4-5-11(15)12(16)8-10)14(18)13-9(2)6-7-19-13/h4-8H,3H2,1-2H3. The molecule has 2 rings (SSSR count). The van der Waals surface area contributed by atoms with Gasteiger partial charge in [-0.3, -0.25) is 4.79 Å². The van der Waals surface area contributed by atoms with Crippen molar-refractivity contribution in [3.8, 4) is 0 Å². The van der Waals surface area contributed by atoms with Gasteiger partial charge in [-0.25, -0.2) is 8.78 Å². The lowest BCUT2D eigenvalue weighted by molar-refractivity contribution is 0.0991. The predicted molar refractivity (Wildman–Crippen MR) is 72.8 cm³/mol. The lowest BCUT2D eigenvalue weighted by Crippen LogP contribution is -2.30. The Labute approximate surface area is 114 Å². The largest absolute Gasteiger partial charge is 0.308 e. The Kier molecular flexibility index (Phi) is 3.95. The van der Waals surface area contributed by atoms with Crippen LogP contribution in [0.1, 0.15) is 22.2 Å². The number of aryl methyl sites for hydroxylation is 1. The zero-order valence-electron chi connectivity index (χ0n) is 10.6. The summed E-state index contributed by atoms with van der Waals surface area (Å²) in [6.07, 6.45) is 0. The fourth-order valence-electron chi connectivity index (χ4n) is 1.81. The van der Waals surface area contributed by atoms with Gasteiger partial charge >= 0.3 is 0 Å². The van der Waals surface area contributed by atoms with E-state index in [1.165, 1.54) is 22.3 Å². The highest BCUT2D eigenvalue weighted by atomic mass is 32.1. The second-order valence-corrected chi connectivity index (χ2v) is 5.00. The molecule has 0 spiro atoms. The van der Waals surface area contributed by atoms with Crippen LogP contribution in [0.4, 0.5) is 14.5 Å². The minimum Gasteiger partial charge on any atom is -0.308 e. The molecule has 0 N–H and O–H groups in total. The maximum absolute atomic E-state index is 13.3. The summed E-state index contributed by atoms with van der Waals surface area (Å²) in [5.74, 6) is -2.06. The Balaban J connectivity index is 2.37. The van der Waals surface area contributed by atoms with Crippen LogP contribution in [0, 0.1) is 18.6 Å². The molecule has 5 heteroatoms. The first kappa shape index (κ1) is 13.7. The van der Waals surface area contributed by atoms with Crippen molar-refractivity contribution in [2.75, 3.05) is 11.4 Å². The number of halogens is 2. The predicted octanol–water partition coefficient (Wildman–Crippen LogP) is 4.00. The van der Waals surface area contributed by atoms with E-state index in [0.717, 1.165) is 17.7 Å². The Bertz CT molecular complexity index is 609. The third-order valence-electron chi connectivity index (χ3n) is 2.83. The number of anilines is 1. The molecule has 1 amide bonds. The van der Waals surface area contributed by atoms with Gasteiger partial charge in [-0.1, -0.05) is 0 Å². The number of hydrogen-bond donors (Lipinski definition) is 0. The molecule has 0 atom stereocenters. The highest BCUT2D eigenvalue weighted by Crippen LogP contribution is 2.23. The Hall–Kier alpha value is -1.75. The van der Waals surface area contributed by atoms with Crippen molar-refractivity contribution in [2.45, 2.75) is 13.8 Å². The van der Waals surface area contributed by atoms with Gasteiger partial charge in [-0.2, -0.15) is 0 Å². The summed E-state index contributed by atoms with van der Waals surface area (Å²) in [5.41, 5.74) is 1.25. The Morgan fingerprint density at radius 1 is 1.26 bits per heavy atom. The van der Waals surface area contributed by atoms with E-state index in [-0.39, 0.29) is 5.91 Å². The highest BCUT2D eigenvalue weighted by Gasteiger charge is 2.20. The van der Waals surface area contributed by atoms with Crippen LogP contribution in [0.25, 0.3) is 0 Å². The van der Waals surface area contributed by atoms with Crippen molar-refractivity contribution in [2.24, 2.45) is 0 Å². The SMILES string of the molecule is CCN(C(=O)c1sccc1C)c1ccc(F)c(F)c1. The molecule has 2 aromatic rings. The monoisotopic (exact) mass is 281 g/mol. The summed E-state index contributed by atoms with van der Waals surface area (Å²) >= 11 is 1.34. The van der Waals surface area contributed by atoms with Crippen molar-refractivity contribution >= 4 is 22.9 Å². The number of thiophene rings is 1. The fraction of sp³-hybridized carbons (Fsp3) is 0.214. The number of hydrogen-bond acceptors (Lipinski definition) is 2. The van der Waals surface area contributed by atoms with E-state index in [1.54, 1.807) is 6.92 Å². The third kappa shape index (κ3) is 2.66. The van der Waals surface area contributed by atoms with Crippen LogP contribution < -0.4 is 4.90 Å². The second-order valence-electron chi connectivity index (χ2n) is 4.08. The average Bonchev–Trinajstić information content (AvgIpc) is 2.80. The molecular formula is C14H13F2NOS. The second kappa shape index (κ2) is 5.48. The first-order chi connectivity index (χ1) is 9.04. The number of carbonyl (C=O) groups excluding carboxylic acids is 1. The molecule has 0 radical (unpaired) electrons. The van der Waals surface area contributed by atoms with Crippen LogP contribution in [-0.4, -0.2) is 12.5 Å². The van der Waals surface area contributed by atoms with Crippen molar-refractivity contribution in [1.82, 2.24) is 0 Å². The van der Waals surface area contributed by atoms with Gasteiger partial charge in [-0.15, -0.1) is 11.3 Å². The van der Waals surface area contributed by atoms with Crippen LogP contribution in [0.5, 0.6) is 0 Å². The van der Waals surface area contributed by atoms with Crippen LogP contribution in [0.15, 0.2) is 29.6 Å². The molecule has 0 saturated heterocycles. The van der Waals surface area contributed by atoms with Crippen LogP contribution in [0.2, 0.25) is 0 Å². The summed E-state index contributed by atoms with van der Waals surface area (Å²) in [4.78, 5) is 14.4. The number of carbonyl (C=O) groups is 1. The van der Waals surface area contributed by atoms with Crippen molar-refractivity contribution < 1.29 is 13.6 Å². The molecule has 2 nitrogen and oxygen atoms in total. The molecule has 100 valence electrons. The molecule has 1 heterocycles. The van der Waals surface area contributed by atoms with Crippen molar-refractivity contribution in [1.29, 1.82) is 0 Å². The van der Waals surface area contributed by atoms with E-state index in [2.05, 4.69) is 0 Å². The van der Waals surface area contributed by atoms with E-state index in [1.807, 2.05) is 18.4 Å². The Morgan fingerprint density at radius 2 is 2.00 bits per heavy atom. The lowest BCUT2D eigenvalue weighted by atomic mass is 10.2. The molecule has 0 bridgehead atoms. The summed E-state index contributed by atoms with van der Waals surface area (Å²) in [5, 5.41) is 1.83. The minimum absolute atomic E-state index is 0.194. The van der Waals surface area contributed by atoms with Crippen LogP contribution in [0.3, 0.4) is 0 Å². The maximum atomic E-state index is 13.3. The molecular weight excluding hydrogens is 268 g/mol. The smallest absolute Gasteiger partial charge is 0.268 e. The van der Waals surface area contributed by atoms with E-state index in [4.69, 9.17) is 0 Å².